The van der Waals surface area contributed by atoms with Gasteiger partial charge in [0, 0.05) is 27.0 Å². The number of nitrogens with zero attached hydrogens (tertiary/aromatic N) is 1. The Morgan fingerprint density at radius 2 is 1.26 bits per heavy atom. The number of nitrogens with two attached hydrogens (primary N) is 1. The van der Waals surface area contributed by atoms with Crippen LogP contribution < -0.4 is 11.1 Å². The molecule has 3 amide bonds. The second-order valence-electron chi connectivity index (χ2n) is 9.27. The fraction of sp³-hybridized carbons (Fsp3) is 0.852. The average Bonchev–Trinajstić information content (AvgIpc) is 2.72. The smallest absolute Gasteiger partial charge is 0.243 e. The van der Waals surface area contributed by atoms with Crippen molar-refractivity contribution in [1.29, 1.82) is 0 Å². The van der Waals surface area contributed by atoms with Crippen LogP contribution in [0.1, 0.15) is 109 Å². The number of carbonyl (C=O) groups is 4. The van der Waals surface area contributed by atoms with Gasteiger partial charge >= 0.3 is 0 Å². The summed E-state index contributed by atoms with van der Waals surface area (Å²) in [7, 11) is 1.65. The normalized spacial score (nSPS) is 10.2. The third kappa shape index (κ3) is 39.5. The van der Waals surface area contributed by atoms with Crippen LogP contribution in [0.4, 0.5) is 0 Å². The highest BCUT2D eigenvalue weighted by Gasteiger charge is 2.29. The highest BCUT2D eigenvalue weighted by molar-refractivity contribution is 5.90. The van der Waals surface area contributed by atoms with Gasteiger partial charge in [-0.1, -0.05) is 75.7 Å². The molecule has 212 valence electrons. The van der Waals surface area contributed by atoms with Crippen LogP contribution in [0, 0.1) is 17.8 Å². The molecule has 1 unspecified atom stereocenters. The molecule has 0 aromatic rings. The third-order valence-electron chi connectivity index (χ3n) is 3.86. The molecular formula is C27H59N3O5. The van der Waals surface area contributed by atoms with Crippen molar-refractivity contribution in [3.05, 3.63) is 0 Å². The van der Waals surface area contributed by atoms with E-state index < -0.39 is 6.04 Å². The van der Waals surface area contributed by atoms with E-state index in [9.17, 15) is 19.2 Å². The third-order valence-corrected chi connectivity index (χ3v) is 3.86. The van der Waals surface area contributed by atoms with E-state index in [0.717, 1.165) is 12.8 Å². The predicted octanol–water partition coefficient (Wildman–Crippen LogP) is 4.57. The Balaban J connectivity index is -0.000000163. The molecule has 8 heteroatoms. The molecule has 0 aromatic carbocycles. The summed E-state index contributed by atoms with van der Waals surface area (Å²) in [5.41, 5.74) is 4.47. The molecule has 0 radical (unpaired) electrons. The van der Waals surface area contributed by atoms with Gasteiger partial charge in [-0.15, -0.1) is 0 Å². The SMILES string of the molecule is CC.CC(=O)CNC(=O)C(C(C)C)N(C)C(=O)CCC(C)C.CC(C)CCO.CC(N)=O.CCC. The lowest BCUT2D eigenvalue weighted by Crippen LogP contribution is -2.51. The number of rotatable bonds is 10. The van der Waals surface area contributed by atoms with Crippen molar-refractivity contribution in [2.45, 2.75) is 115 Å². The average molecular weight is 506 g/mol. The molecule has 0 aromatic heterocycles. The predicted molar refractivity (Wildman–Crippen MR) is 148 cm³/mol. The molecule has 0 spiro atoms. The minimum Gasteiger partial charge on any atom is -0.396 e. The molecule has 0 fully saturated rings. The molecule has 0 saturated heterocycles. The first-order valence-electron chi connectivity index (χ1n) is 13.0. The Bertz CT molecular complexity index is 517. The number of ketones is 1. The molecule has 0 aliphatic heterocycles. The van der Waals surface area contributed by atoms with Crippen LogP contribution >= 0.6 is 0 Å². The van der Waals surface area contributed by atoms with Gasteiger partial charge in [0.15, 0.2) is 0 Å². The summed E-state index contributed by atoms with van der Waals surface area (Å²) in [5.74, 6) is 0.363. The van der Waals surface area contributed by atoms with Crippen molar-refractivity contribution in [2.75, 3.05) is 20.2 Å². The lowest BCUT2D eigenvalue weighted by molar-refractivity contribution is -0.141. The summed E-state index contributed by atoms with van der Waals surface area (Å²) in [6.45, 7) is 23.4. The second-order valence-corrected chi connectivity index (χ2v) is 9.27. The van der Waals surface area contributed by atoms with Crippen LogP contribution in [0.2, 0.25) is 0 Å². The van der Waals surface area contributed by atoms with Gasteiger partial charge in [0.2, 0.25) is 17.7 Å². The van der Waals surface area contributed by atoms with Gasteiger partial charge in [-0.05, 0) is 37.5 Å². The maximum atomic E-state index is 12.1. The summed E-state index contributed by atoms with van der Waals surface area (Å²) in [6, 6.07) is -0.533. The molecular weight excluding hydrogens is 446 g/mol. The van der Waals surface area contributed by atoms with Gasteiger partial charge in [-0.25, -0.2) is 0 Å². The Hall–Kier alpha value is -1.96. The molecule has 35 heavy (non-hydrogen) atoms. The number of Topliss-reactive ketones (excluding diaryl/α,β-unsaturated/α-hetero) is 1. The first-order valence-corrected chi connectivity index (χ1v) is 13.0. The van der Waals surface area contributed by atoms with Crippen LogP contribution in [-0.4, -0.2) is 59.8 Å². The topological polar surface area (TPSA) is 130 Å². The van der Waals surface area contributed by atoms with E-state index in [0.29, 0.717) is 24.9 Å². The molecule has 1 atom stereocenters. The molecule has 4 N–H and O–H groups in total. The number of primary amides is 1. The van der Waals surface area contributed by atoms with Crippen molar-refractivity contribution >= 4 is 23.5 Å². The van der Waals surface area contributed by atoms with Crippen molar-refractivity contribution in [2.24, 2.45) is 23.5 Å². The maximum Gasteiger partial charge on any atom is 0.243 e. The Morgan fingerprint density at radius 3 is 1.49 bits per heavy atom. The van der Waals surface area contributed by atoms with Crippen molar-refractivity contribution < 1.29 is 24.3 Å². The van der Waals surface area contributed by atoms with Crippen LogP contribution in [0.15, 0.2) is 0 Å². The van der Waals surface area contributed by atoms with Gasteiger partial charge in [0.1, 0.15) is 11.8 Å². The van der Waals surface area contributed by atoms with Gasteiger partial charge in [-0.3, -0.25) is 19.2 Å². The first kappa shape index (κ1) is 43.1. The van der Waals surface area contributed by atoms with Crippen LogP contribution in [-0.2, 0) is 19.2 Å². The Kier molecular flexibility index (Phi) is 37.1. The second kappa shape index (κ2) is 30.1. The zero-order chi connectivity index (χ0) is 29.1. The number of nitrogens with one attached hydrogen (secondary N) is 1. The standard InChI is InChI=1S/C15H28N2O3.C5H12O.C3H8.C2H5NO.C2H6/c1-10(2)7-8-13(19)17(6)14(11(3)4)15(20)16-9-12(5)18;1-5(2)3-4-6;1-3-2;1-2(3)4;1-2/h10-11,14H,7-9H2,1-6H3,(H,16,20);5-6H,3-4H2,1-2H3;3H2,1-2H3;1H3,(H2,3,4);1-2H3. The highest BCUT2D eigenvalue weighted by atomic mass is 16.3. The van der Waals surface area contributed by atoms with E-state index in [1.54, 1.807) is 7.05 Å². The van der Waals surface area contributed by atoms with Crippen LogP contribution in [0.5, 0.6) is 0 Å². The van der Waals surface area contributed by atoms with Gasteiger partial charge in [0.05, 0.1) is 6.54 Å². The van der Waals surface area contributed by atoms with E-state index in [1.807, 2.05) is 27.7 Å². The van der Waals surface area contributed by atoms with Crippen LogP contribution in [0.3, 0.4) is 0 Å². The number of hydrogen-bond donors (Lipinski definition) is 3. The van der Waals surface area contributed by atoms with Gasteiger partial charge < -0.3 is 21.1 Å². The molecule has 0 aliphatic rings. The monoisotopic (exact) mass is 505 g/mol. The lowest BCUT2D eigenvalue weighted by atomic mass is 10.0. The molecule has 0 rings (SSSR count). The number of carbonyl (C=O) groups excluding carboxylic acids is 4. The number of aliphatic hydroxyl groups is 1. The molecule has 8 nitrogen and oxygen atoms in total. The molecule has 0 saturated carbocycles. The molecule has 0 aliphatic carbocycles. The van der Waals surface area contributed by atoms with E-state index >= 15 is 0 Å². The maximum absolute atomic E-state index is 12.1. The lowest BCUT2D eigenvalue weighted by Gasteiger charge is -2.30. The number of amides is 3. The highest BCUT2D eigenvalue weighted by Crippen LogP contribution is 2.13. The Morgan fingerprint density at radius 1 is 0.886 bits per heavy atom. The molecule has 0 heterocycles. The largest absolute Gasteiger partial charge is 0.396 e. The number of aliphatic hydroxyl groups excluding tert-OH is 1. The van der Waals surface area contributed by atoms with Crippen LogP contribution in [0.25, 0.3) is 0 Å². The summed E-state index contributed by atoms with van der Waals surface area (Å²) in [4.78, 5) is 45.9. The van der Waals surface area contributed by atoms with Crippen molar-refractivity contribution in [1.82, 2.24) is 10.2 Å². The minimum atomic E-state index is -0.533. The summed E-state index contributed by atoms with van der Waals surface area (Å²) < 4.78 is 0. The van der Waals surface area contributed by atoms with Crippen molar-refractivity contribution in [3.63, 3.8) is 0 Å². The zero-order valence-corrected chi connectivity index (χ0v) is 25.2. The summed E-state index contributed by atoms with van der Waals surface area (Å²) in [5, 5.41) is 10.8. The minimum absolute atomic E-state index is 0.00467. The van der Waals surface area contributed by atoms with E-state index in [-0.39, 0.29) is 36.0 Å². The van der Waals surface area contributed by atoms with E-state index in [1.165, 1.54) is 25.2 Å². The van der Waals surface area contributed by atoms with Crippen molar-refractivity contribution in [3.8, 4) is 0 Å². The molecule has 0 bridgehead atoms. The fourth-order valence-electron chi connectivity index (χ4n) is 2.24. The van der Waals surface area contributed by atoms with Gasteiger partial charge in [0.25, 0.3) is 0 Å². The number of hydrogen-bond acceptors (Lipinski definition) is 5. The fourth-order valence-corrected chi connectivity index (χ4v) is 2.24. The first-order chi connectivity index (χ1) is 16.1. The quantitative estimate of drug-likeness (QED) is 0.400. The zero-order valence-electron chi connectivity index (χ0n) is 25.2. The van der Waals surface area contributed by atoms with E-state index in [4.69, 9.17) is 5.11 Å². The summed E-state index contributed by atoms with van der Waals surface area (Å²) in [6.07, 6.45) is 3.43. The Labute approximate surface area is 216 Å². The number of likely N-dealkylation sites (N-methyl/N-ethyl adjacent to an activating group) is 1. The van der Waals surface area contributed by atoms with E-state index in [2.05, 4.69) is 52.6 Å². The van der Waals surface area contributed by atoms with Gasteiger partial charge in [-0.2, -0.15) is 0 Å². The summed E-state index contributed by atoms with van der Waals surface area (Å²) >= 11 is 0.